The summed E-state index contributed by atoms with van der Waals surface area (Å²) in [4.78, 5) is 0. The van der Waals surface area contributed by atoms with Gasteiger partial charge in [0, 0.05) is 11.6 Å². The Labute approximate surface area is 95.1 Å². The second kappa shape index (κ2) is 6.67. The minimum absolute atomic E-state index is 0.517. The highest BCUT2D eigenvalue weighted by Gasteiger charge is 2.02. The van der Waals surface area contributed by atoms with Gasteiger partial charge in [-0.2, -0.15) is 0 Å². The first-order valence-corrected chi connectivity index (χ1v) is 5.26. The number of rotatable bonds is 6. The third-order valence-electron chi connectivity index (χ3n) is 2.01. The van der Waals surface area contributed by atoms with Gasteiger partial charge in [-0.1, -0.05) is 17.7 Å². The molecule has 0 aliphatic rings. The minimum atomic E-state index is 0.517. The smallest absolute Gasteiger partial charge is 0.120 e. The maximum atomic E-state index is 6.04. The van der Waals surface area contributed by atoms with E-state index in [-0.39, 0.29) is 0 Å². The molecule has 0 saturated heterocycles. The molecule has 3 nitrogen and oxygen atoms in total. The summed E-state index contributed by atoms with van der Waals surface area (Å²) in [6.07, 6.45) is 0.869. The van der Waals surface area contributed by atoms with Crippen molar-refractivity contribution in [1.82, 2.24) is 0 Å². The van der Waals surface area contributed by atoms with E-state index >= 15 is 0 Å². The van der Waals surface area contributed by atoms with E-state index in [1.165, 1.54) is 0 Å². The van der Waals surface area contributed by atoms with Crippen LogP contribution in [-0.2, 0) is 11.3 Å². The molecule has 0 atom stereocenters. The molecule has 0 aliphatic carbocycles. The van der Waals surface area contributed by atoms with Crippen LogP contribution in [0.25, 0.3) is 0 Å². The van der Waals surface area contributed by atoms with Crippen molar-refractivity contribution < 1.29 is 9.47 Å². The molecule has 0 amide bonds. The van der Waals surface area contributed by atoms with Crippen molar-refractivity contribution in [3.05, 3.63) is 28.8 Å². The summed E-state index contributed by atoms with van der Waals surface area (Å²) in [5.74, 6) is 0.755. The number of benzene rings is 1. The van der Waals surface area contributed by atoms with Crippen LogP contribution >= 0.6 is 11.6 Å². The molecule has 0 saturated carbocycles. The van der Waals surface area contributed by atoms with Crippen molar-refractivity contribution in [2.24, 2.45) is 5.73 Å². The van der Waals surface area contributed by atoms with E-state index in [1.54, 1.807) is 13.2 Å². The van der Waals surface area contributed by atoms with Crippen LogP contribution in [0.3, 0.4) is 0 Å². The van der Waals surface area contributed by atoms with E-state index in [1.807, 2.05) is 12.1 Å². The number of ether oxygens (including phenoxy) is 2. The Kier molecular flexibility index (Phi) is 5.47. The average Bonchev–Trinajstić information content (AvgIpc) is 2.26. The zero-order valence-corrected chi connectivity index (χ0v) is 9.59. The number of hydrogen-bond acceptors (Lipinski definition) is 3. The van der Waals surface area contributed by atoms with Gasteiger partial charge >= 0.3 is 0 Å². The zero-order chi connectivity index (χ0) is 11.1. The Morgan fingerprint density at radius 1 is 1.40 bits per heavy atom. The fraction of sp³-hybridized carbons (Fsp3) is 0.455. The van der Waals surface area contributed by atoms with E-state index < -0.39 is 0 Å². The SMILES string of the molecule is COc1ccc(COCCCN)c(Cl)c1. The Hall–Kier alpha value is -0.770. The van der Waals surface area contributed by atoms with Crippen molar-refractivity contribution in [2.75, 3.05) is 20.3 Å². The van der Waals surface area contributed by atoms with E-state index in [2.05, 4.69) is 0 Å². The second-order valence-electron chi connectivity index (χ2n) is 3.15. The predicted octanol–water partition coefficient (Wildman–Crippen LogP) is 2.21. The summed E-state index contributed by atoms with van der Waals surface area (Å²) >= 11 is 6.04. The van der Waals surface area contributed by atoms with Crippen LogP contribution < -0.4 is 10.5 Å². The van der Waals surface area contributed by atoms with Gasteiger partial charge in [0.2, 0.25) is 0 Å². The fourth-order valence-corrected chi connectivity index (χ4v) is 1.36. The molecule has 15 heavy (non-hydrogen) atoms. The highest BCUT2D eigenvalue weighted by molar-refractivity contribution is 6.31. The molecule has 84 valence electrons. The molecule has 2 N–H and O–H groups in total. The van der Waals surface area contributed by atoms with Gasteiger partial charge in [0.1, 0.15) is 5.75 Å². The third-order valence-corrected chi connectivity index (χ3v) is 2.36. The zero-order valence-electron chi connectivity index (χ0n) is 8.83. The lowest BCUT2D eigenvalue weighted by Gasteiger charge is -2.07. The van der Waals surface area contributed by atoms with Gasteiger partial charge in [-0.3, -0.25) is 0 Å². The number of nitrogens with two attached hydrogens (primary N) is 1. The van der Waals surface area contributed by atoms with Crippen molar-refractivity contribution in [3.63, 3.8) is 0 Å². The molecule has 0 unspecified atom stereocenters. The Bertz CT molecular complexity index is 305. The van der Waals surface area contributed by atoms with E-state index in [0.717, 1.165) is 17.7 Å². The lowest BCUT2D eigenvalue weighted by atomic mass is 10.2. The molecule has 0 bridgehead atoms. The van der Waals surface area contributed by atoms with Gasteiger partial charge in [0.15, 0.2) is 0 Å². The summed E-state index contributed by atoms with van der Waals surface area (Å²) in [7, 11) is 1.61. The molecule has 0 spiro atoms. The lowest BCUT2D eigenvalue weighted by Crippen LogP contribution is -2.04. The summed E-state index contributed by atoms with van der Waals surface area (Å²) < 4.78 is 10.5. The monoisotopic (exact) mass is 229 g/mol. The molecule has 0 heterocycles. The summed E-state index contributed by atoms with van der Waals surface area (Å²) in [5, 5.41) is 0.669. The first kappa shape index (κ1) is 12.3. The van der Waals surface area contributed by atoms with Gasteiger partial charge < -0.3 is 15.2 Å². The molecular formula is C11H16ClNO2. The summed E-state index contributed by atoms with van der Waals surface area (Å²) in [6, 6.07) is 5.56. The van der Waals surface area contributed by atoms with E-state index in [4.69, 9.17) is 26.8 Å². The molecular weight excluding hydrogens is 214 g/mol. The van der Waals surface area contributed by atoms with Gasteiger partial charge in [0.25, 0.3) is 0 Å². The molecule has 4 heteroatoms. The molecule has 1 aromatic rings. The molecule has 0 aromatic heterocycles. The van der Waals surface area contributed by atoms with Crippen molar-refractivity contribution in [2.45, 2.75) is 13.0 Å². The van der Waals surface area contributed by atoms with Crippen LogP contribution in [0.1, 0.15) is 12.0 Å². The van der Waals surface area contributed by atoms with Crippen molar-refractivity contribution in [1.29, 1.82) is 0 Å². The number of methoxy groups -OCH3 is 1. The highest BCUT2D eigenvalue weighted by atomic mass is 35.5. The maximum absolute atomic E-state index is 6.04. The van der Waals surface area contributed by atoms with Crippen LogP contribution in [0.15, 0.2) is 18.2 Å². The Morgan fingerprint density at radius 2 is 2.20 bits per heavy atom. The van der Waals surface area contributed by atoms with Gasteiger partial charge in [-0.15, -0.1) is 0 Å². The van der Waals surface area contributed by atoms with Gasteiger partial charge in [-0.05, 0) is 30.7 Å². The quantitative estimate of drug-likeness (QED) is 0.761. The molecule has 0 aliphatic heterocycles. The second-order valence-corrected chi connectivity index (χ2v) is 3.56. The molecule has 0 fully saturated rings. The molecule has 1 aromatic carbocycles. The normalized spacial score (nSPS) is 10.3. The van der Waals surface area contributed by atoms with E-state index in [0.29, 0.717) is 24.8 Å². The first-order valence-electron chi connectivity index (χ1n) is 4.88. The van der Waals surface area contributed by atoms with Crippen LogP contribution in [0.5, 0.6) is 5.75 Å². The van der Waals surface area contributed by atoms with Crippen LogP contribution in [0.4, 0.5) is 0 Å². The summed E-state index contributed by atoms with van der Waals surface area (Å²) in [5.41, 5.74) is 6.32. The average molecular weight is 230 g/mol. The number of halogens is 1. The lowest BCUT2D eigenvalue weighted by molar-refractivity contribution is 0.120. The topological polar surface area (TPSA) is 44.5 Å². The van der Waals surface area contributed by atoms with Gasteiger partial charge in [0.05, 0.1) is 13.7 Å². The Balaban J connectivity index is 2.47. The molecule has 0 radical (unpaired) electrons. The summed E-state index contributed by atoms with van der Waals surface area (Å²) in [6.45, 7) is 1.83. The van der Waals surface area contributed by atoms with Crippen LogP contribution in [0.2, 0.25) is 5.02 Å². The van der Waals surface area contributed by atoms with Crippen molar-refractivity contribution in [3.8, 4) is 5.75 Å². The van der Waals surface area contributed by atoms with Crippen LogP contribution in [-0.4, -0.2) is 20.3 Å². The van der Waals surface area contributed by atoms with E-state index in [9.17, 15) is 0 Å². The number of hydrogen-bond donors (Lipinski definition) is 1. The predicted molar refractivity (Wildman–Crippen MR) is 61.3 cm³/mol. The highest BCUT2D eigenvalue weighted by Crippen LogP contribution is 2.22. The van der Waals surface area contributed by atoms with Gasteiger partial charge in [-0.25, -0.2) is 0 Å². The van der Waals surface area contributed by atoms with Crippen molar-refractivity contribution >= 4 is 11.6 Å². The minimum Gasteiger partial charge on any atom is -0.497 e. The third kappa shape index (κ3) is 4.08. The molecule has 1 rings (SSSR count). The Morgan fingerprint density at radius 3 is 2.80 bits per heavy atom. The van der Waals surface area contributed by atoms with Crippen LogP contribution in [0, 0.1) is 0 Å². The first-order chi connectivity index (χ1) is 7.27. The fourth-order valence-electron chi connectivity index (χ4n) is 1.14. The standard InChI is InChI=1S/C11H16ClNO2/c1-14-10-4-3-9(11(12)7-10)8-15-6-2-5-13/h3-4,7H,2,5-6,8,13H2,1H3. The largest absolute Gasteiger partial charge is 0.497 e. The maximum Gasteiger partial charge on any atom is 0.120 e.